The van der Waals surface area contributed by atoms with Crippen LogP contribution in [0.25, 0.3) is 11.0 Å². The van der Waals surface area contributed by atoms with E-state index in [-0.39, 0.29) is 11.4 Å². The van der Waals surface area contributed by atoms with Gasteiger partial charge in [0.25, 0.3) is 5.91 Å². The number of carbonyl (C=O) groups is 1. The van der Waals surface area contributed by atoms with Gasteiger partial charge in [0.1, 0.15) is 5.58 Å². The highest BCUT2D eigenvalue weighted by molar-refractivity contribution is 5.96. The quantitative estimate of drug-likeness (QED) is 0.892. The van der Waals surface area contributed by atoms with Crippen molar-refractivity contribution in [3.05, 3.63) is 36.1 Å². The molecule has 106 valence electrons. The zero-order chi connectivity index (χ0) is 14.0. The number of benzene rings is 1. The molecule has 0 unspecified atom stereocenters. The van der Waals surface area contributed by atoms with Crippen LogP contribution in [0.2, 0.25) is 0 Å². The fraction of sp³-hybridized carbons (Fsp3) is 0.400. The van der Waals surface area contributed by atoms with Crippen LogP contribution in [0, 0.1) is 0 Å². The molecule has 1 aromatic heterocycles. The highest BCUT2D eigenvalue weighted by Crippen LogP contribution is 2.22. The van der Waals surface area contributed by atoms with Crippen molar-refractivity contribution in [3.63, 3.8) is 0 Å². The van der Waals surface area contributed by atoms with E-state index >= 15 is 0 Å². The number of rotatable bonds is 3. The van der Waals surface area contributed by atoms with Gasteiger partial charge in [-0.15, -0.1) is 0 Å². The fourth-order valence-electron chi connectivity index (χ4n) is 2.54. The van der Waals surface area contributed by atoms with E-state index in [0.29, 0.717) is 31.1 Å². The summed E-state index contributed by atoms with van der Waals surface area (Å²) < 4.78 is 10.9. The molecule has 1 amide bonds. The van der Waals surface area contributed by atoms with E-state index in [0.717, 1.165) is 18.2 Å². The smallest absolute Gasteiger partial charge is 0.287 e. The van der Waals surface area contributed by atoms with Crippen molar-refractivity contribution in [3.8, 4) is 0 Å². The molecule has 3 N–H and O–H groups in total. The second-order valence-corrected chi connectivity index (χ2v) is 5.20. The van der Waals surface area contributed by atoms with E-state index in [1.165, 1.54) is 0 Å². The van der Waals surface area contributed by atoms with Gasteiger partial charge < -0.3 is 20.2 Å². The van der Waals surface area contributed by atoms with Gasteiger partial charge in [-0.2, -0.15) is 0 Å². The Morgan fingerprint density at radius 3 is 2.75 bits per heavy atom. The van der Waals surface area contributed by atoms with E-state index in [2.05, 4.69) is 5.32 Å². The molecule has 0 saturated carbocycles. The molecule has 1 fully saturated rings. The summed E-state index contributed by atoms with van der Waals surface area (Å²) in [5.74, 6) is 0.110. The van der Waals surface area contributed by atoms with Crippen LogP contribution in [0.1, 0.15) is 23.4 Å². The van der Waals surface area contributed by atoms with Crippen LogP contribution in [0.3, 0.4) is 0 Å². The minimum absolute atomic E-state index is 0.214. The second-order valence-electron chi connectivity index (χ2n) is 5.20. The van der Waals surface area contributed by atoms with Crippen LogP contribution in [-0.4, -0.2) is 31.2 Å². The van der Waals surface area contributed by atoms with Gasteiger partial charge in [-0.25, -0.2) is 0 Å². The van der Waals surface area contributed by atoms with Gasteiger partial charge in [-0.1, -0.05) is 18.2 Å². The Morgan fingerprint density at radius 1 is 1.30 bits per heavy atom. The minimum Gasteiger partial charge on any atom is -0.451 e. The average Bonchev–Trinajstić information content (AvgIpc) is 2.92. The summed E-state index contributed by atoms with van der Waals surface area (Å²) in [4.78, 5) is 12.3. The number of fused-ring (bicyclic) bond motifs is 1. The van der Waals surface area contributed by atoms with Crippen molar-refractivity contribution in [2.45, 2.75) is 18.4 Å². The summed E-state index contributed by atoms with van der Waals surface area (Å²) in [5.41, 5.74) is 6.17. The van der Waals surface area contributed by atoms with Gasteiger partial charge in [-0.3, -0.25) is 4.79 Å². The van der Waals surface area contributed by atoms with E-state index in [9.17, 15) is 4.79 Å². The summed E-state index contributed by atoms with van der Waals surface area (Å²) in [6, 6.07) is 9.32. The zero-order valence-electron chi connectivity index (χ0n) is 11.2. The van der Waals surface area contributed by atoms with Crippen molar-refractivity contribution in [1.29, 1.82) is 0 Å². The minimum atomic E-state index is -0.381. The first-order valence-corrected chi connectivity index (χ1v) is 6.81. The number of nitrogens with two attached hydrogens (primary N) is 1. The maximum absolute atomic E-state index is 12.3. The molecule has 2 aromatic rings. The number of nitrogens with one attached hydrogen (secondary N) is 1. The molecular formula is C15H18N2O3. The number of ether oxygens (including phenoxy) is 1. The number of furan rings is 1. The van der Waals surface area contributed by atoms with E-state index in [4.69, 9.17) is 14.9 Å². The molecule has 0 radical (unpaired) electrons. The van der Waals surface area contributed by atoms with Crippen molar-refractivity contribution in [1.82, 2.24) is 5.32 Å². The van der Waals surface area contributed by atoms with Crippen molar-refractivity contribution in [2.75, 3.05) is 19.8 Å². The lowest BCUT2D eigenvalue weighted by molar-refractivity contribution is 0.0381. The number of hydrogen-bond acceptors (Lipinski definition) is 4. The Labute approximate surface area is 117 Å². The highest BCUT2D eigenvalue weighted by Gasteiger charge is 2.33. The molecule has 1 aliphatic heterocycles. The van der Waals surface area contributed by atoms with E-state index in [1.54, 1.807) is 6.07 Å². The predicted molar refractivity (Wildman–Crippen MR) is 75.5 cm³/mol. The van der Waals surface area contributed by atoms with Crippen LogP contribution in [0.15, 0.2) is 34.7 Å². The first-order chi connectivity index (χ1) is 9.72. The lowest BCUT2D eigenvalue weighted by atomic mass is 9.90. The van der Waals surface area contributed by atoms with Gasteiger partial charge in [0.15, 0.2) is 5.76 Å². The number of para-hydroxylation sites is 1. The topological polar surface area (TPSA) is 77.5 Å². The fourth-order valence-corrected chi connectivity index (χ4v) is 2.54. The summed E-state index contributed by atoms with van der Waals surface area (Å²) in [5, 5.41) is 3.94. The Kier molecular flexibility index (Phi) is 3.46. The molecule has 5 heteroatoms. The molecule has 3 rings (SSSR count). The van der Waals surface area contributed by atoms with Crippen LogP contribution in [0.5, 0.6) is 0 Å². The molecule has 0 spiro atoms. The van der Waals surface area contributed by atoms with Crippen LogP contribution in [0.4, 0.5) is 0 Å². The second kappa shape index (κ2) is 5.26. The van der Waals surface area contributed by atoms with Gasteiger partial charge in [-0.05, 0) is 25.0 Å². The van der Waals surface area contributed by atoms with Crippen LogP contribution >= 0.6 is 0 Å². The number of amides is 1. The number of hydrogen-bond donors (Lipinski definition) is 2. The monoisotopic (exact) mass is 274 g/mol. The Hall–Kier alpha value is -1.85. The Morgan fingerprint density at radius 2 is 2.05 bits per heavy atom. The molecule has 1 aromatic carbocycles. The van der Waals surface area contributed by atoms with E-state index < -0.39 is 0 Å². The molecule has 1 aliphatic rings. The lowest BCUT2D eigenvalue weighted by Gasteiger charge is -2.36. The van der Waals surface area contributed by atoms with Gasteiger partial charge in [0.2, 0.25) is 0 Å². The largest absolute Gasteiger partial charge is 0.451 e. The standard InChI is InChI=1S/C15H18N2O3/c16-10-15(5-7-19-8-6-15)17-14(18)13-9-11-3-1-2-4-12(11)20-13/h1-4,9H,5-8,10,16H2,(H,17,18). The molecule has 0 aliphatic carbocycles. The average molecular weight is 274 g/mol. The third-order valence-corrected chi connectivity index (χ3v) is 3.87. The number of carbonyl (C=O) groups excluding carboxylic acids is 1. The Bertz CT molecular complexity index is 581. The molecule has 5 nitrogen and oxygen atoms in total. The highest BCUT2D eigenvalue weighted by atomic mass is 16.5. The first-order valence-electron chi connectivity index (χ1n) is 6.81. The van der Waals surface area contributed by atoms with Crippen molar-refractivity contribution in [2.24, 2.45) is 5.73 Å². The third-order valence-electron chi connectivity index (χ3n) is 3.87. The molecule has 0 bridgehead atoms. The van der Waals surface area contributed by atoms with Crippen LogP contribution in [-0.2, 0) is 4.74 Å². The third kappa shape index (κ3) is 2.42. The molecule has 20 heavy (non-hydrogen) atoms. The maximum atomic E-state index is 12.3. The predicted octanol–water partition coefficient (Wildman–Crippen LogP) is 1.67. The molecule has 0 atom stereocenters. The maximum Gasteiger partial charge on any atom is 0.287 e. The van der Waals surface area contributed by atoms with Gasteiger partial charge >= 0.3 is 0 Å². The summed E-state index contributed by atoms with van der Waals surface area (Å²) in [6.45, 7) is 1.65. The Balaban J connectivity index is 1.81. The lowest BCUT2D eigenvalue weighted by Crippen LogP contribution is -2.56. The van der Waals surface area contributed by atoms with Crippen molar-refractivity contribution < 1.29 is 13.9 Å². The van der Waals surface area contributed by atoms with Gasteiger partial charge in [0, 0.05) is 25.1 Å². The van der Waals surface area contributed by atoms with Crippen LogP contribution < -0.4 is 11.1 Å². The zero-order valence-corrected chi connectivity index (χ0v) is 11.2. The first kappa shape index (κ1) is 13.1. The molecular weight excluding hydrogens is 256 g/mol. The van der Waals surface area contributed by atoms with Gasteiger partial charge in [0.05, 0.1) is 5.54 Å². The summed E-state index contributed by atoms with van der Waals surface area (Å²) >= 11 is 0. The SMILES string of the molecule is NCC1(NC(=O)c2cc3ccccc3o2)CCOCC1. The van der Waals surface area contributed by atoms with E-state index in [1.807, 2.05) is 24.3 Å². The normalized spacial score (nSPS) is 18.1. The molecule has 2 heterocycles. The summed E-state index contributed by atoms with van der Waals surface area (Å²) in [6.07, 6.45) is 1.46. The van der Waals surface area contributed by atoms with Crippen molar-refractivity contribution >= 4 is 16.9 Å². The molecule has 1 saturated heterocycles. The summed E-state index contributed by atoms with van der Waals surface area (Å²) in [7, 11) is 0.